The average molecular weight is 346 g/mol. The summed E-state index contributed by atoms with van der Waals surface area (Å²) in [6, 6.07) is -0.210. The Morgan fingerprint density at radius 1 is 1.50 bits per heavy atom. The molecule has 1 atom stereocenters. The molecule has 0 bridgehead atoms. The van der Waals surface area contributed by atoms with Gasteiger partial charge < -0.3 is 9.47 Å². The van der Waals surface area contributed by atoms with Gasteiger partial charge in [-0.1, -0.05) is 18.3 Å². The van der Waals surface area contributed by atoms with E-state index in [2.05, 4.69) is 0 Å². The second-order valence-corrected chi connectivity index (χ2v) is 8.74. The second-order valence-electron chi connectivity index (χ2n) is 5.69. The number of sulfone groups is 1. The van der Waals surface area contributed by atoms with Crippen molar-refractivity contribution in [3.05, 3.63) is 20.7 Å². The van der Waals surface area contributed by atoms with Crippen LogP contribution >= 0.6 is 11.3 Å². The van der Waals surface area contributed by atoms with E-state index in [0.29, 0.717) is 19.5 Å². The topological polar surface area (TPSA) is 76.5 Å². The van der Waals surface area contributed by atoms with Crippen LogP contribution < -0.4 is 4.87 Å². The lowest BCUT2D eigenvalue weighted by Crippen LogP contribution is -2.42. The van der Waals surface area contributed by atoms with Crippen LogP contribution in [-0.4, -0.2) is 47.9 Å². The van der Waals surface area contributed by atoms with Crippen molar-refractivity contribution < 1.29 is 13.2 Å². The van der Waals surface area contributed by atoms with E-state index in [1.807, 2.05) is 13.8 Å². The Morgan fingerprint density at radius 2 is 2.23 bits per heavy atom. The maximum Gasteiger partial charge on any atom is 0.307 e. The summed E-state index contributed by atoms with van der Waals surface area (Å²) < 4.78 is 24.8. The molecule has 1 aromatic rings. The monoisotopic (exact) mass is 346 g/mol. The van der Waals surface area contributed by atoms with Crippen LogP contribution in [0.4, 0.5) is 0 Å². The molecule has 1 aliphatic rings. The Kier molecular flexibility index (Phi) is 5.44. The van der Waals surface area contributed by atoms with Gasteiger partial charge in [-0.15, -0.1) is 0 Å². The van der Waals surface area contributed by atoms with E-state index in [1.165, 1.54) is 0 Å². The molecule has 0 aliphatic carbocycles. The van der Waals surface area contributed by atoms with E-state index >= 15 is 0 Å². The molecule has 0 saturated carbocycles. The van der Waals surface area contributed by atoms with E-state index in [9.17, 15) is 18.0 Å². The van der Waals surface area contributed by atoms with Crippen LogP contribution in [-0.2, 0) is 21.2 Å². The molecule has 6 nitrogen and oxygen atoms in total. The van der Waals surface area contributed by atoms with Crippen LogP contribution in [0.1, 0.15) is 31.9 Å². The molecule has 1 aromatic heterocycles. The van der Waals surface area contributed by atoms with E-state index in [-0.39, 0.29) is 34.7 Å². The van der Waals surface area contributed by atoms with Crippen molar-refractivity contribution in [2.75, 3.05) is 18.1 Å². The first-order valence-corrected chi connectivity index (χ1v) is 10.2. The number of carbonyl (C=O) groups is 1. The van der Waals surface area contributed by atoms with Gasteiger partial charge >= 0.3 is 4.87 Å². The first kappa shape index (κ1) is 17.2. The highest BCUT2D eigenvalue weighted by Crippen LogP contribution is 2.19. The first-order valence-electron chi connectivity index (χ1n) is 7.49. The minimum Gasteiger partial charge on any atom is -0.339 e. The molecule has 0 radical (unpaired) electrons. The Morgan fingerprint density at radius 3 is 2.73 bits per heavy atom. The largest absolute Gasteiger partial charge is 0.339 e. The predicted molar refractivity (Wildman–Crippen MR) is 87.0 cm³/mol. The zero-order chi connectivity index (χ0) is 16.3. The zero-order valence-electron chi connectivity index (χ0n) is 12.9. The van der Waals surface area contributed by atoms with Crippen LogP contribution in [0, 0.1) is 6.92 Å². The quantitative estimate of drug-likeness (QED) is 0.771. The summed E-state index contributed by atoms with van der Waals surface area (Å²) in [5.74, 6) is 0.159. The fraction of sp³-hybridized carbons (Fsp3) is 0.714. The van der Waals surface area contributed by atoms with Gasteiger partial charge in [-0.2, -0.15) is 0 Å². The molecule has 0 aromatic carbocycles. The summed E-state index contributed by atoms with van der Waals surface area (Å²) in [5.41, 5.74) is 0.855. The summed E-state index contributed by atoms with van der Waals surface area (Å²) in [5, 5.41) is 1.78. The second kappa shape index (κ2) is 6.95. The average Bonchev–Trinajstić information content (AvgIpc) is 2.96. The SMILES string of the molecule is CCCN(C(=O)CCn1c(C)csc1=O)C1CCS(=O)(=O)C1. The minimum atomic E-state index is -3.01. The van der Waals surface area contributed by atoms with Crippen LogP contribution in [0.2, 0.25) is 0 Å². The van der Waals surface area contributed by atoms with Gasteiger partial charge in [0.1, 0.15) is 0 Å². The smallest absolute Gasteiger partial charge is 0.307 e. The summed E-state index contributed by atoms with van der Waals surface area (Å²) in [6.07, 6.45) is 1.54. The predicted octanol–water partition coefficient (Wildman–Crippen LogP) is 1.03. The van der Waals surface area contributed by atoms with Crippen molar-refractivity contribution >= 4 is 27.1 Å². The number of carbonyl (C=O) groups excluding carboxylic acids is 1. The lowest BCUT2D eigenvalue weighted by atomic mass is 10.2. The van der Waals surface area contributed by atoms with Crippen molar-refractivity contribution in [3.8, 4) is 0 Å². The van der Waals surface area contributed by atoms with E-state index in [0.717, 1.165) is 23.5 Å². The molecule has 1 unspecified atom stereocenters. The van der Waals surface area contributed by atoms with Gasteiger partial charge in [0.15, 0.2) is 9.84 Å². The van der Waals surface area contributed by atoms with Crippen LogP contribution in [0.5, 0.6) is 0 Å². The number of thiazole rings is 1. The summed E-state index contributed by atoms with van der Waals surface area (Å²) in [7, 11) is -3.01. The Hall–Kier alpha value is -1.15. The molecule has 0 N–H and O–H groups in total. The highest BCUT2D eigenvalue weighted by molar-refractivity contribution is 7.91. The Bertz CT molecular complexity index is 690. The molecule has 124 valence electrons. The van der Waals surface area contributed by atoms with E-state index in [4.69, 9.17) is 0 Å². The third kappa shape index (κ3) is 3.98. The van der Waals surface area contributed by atoms with Gasteiger partial charge in [-0.25, -0.2) is 8.42 Å². The van der Waals surface area contributed by atoms with Gasteiger partial charge in [0.05, 0.1) is 11.5 Å². The fourth-order valence-corrected chi connectivity index (χ4v) is 5.29. The van der Waals surface area contributed by atoms with Crippen LogP contribution in [0.15, 0.2) is 10.2 Å². The maximum absolute atomic E-state index is 12.5. The molecule has 8 heteroatoms. The third-order valence-electron chi connectivity index (χ3n) is 3.96. The van der Waals surface area contributed by atoms with Crippen molar-refractivity contribution in [2.24, 2.45) is 0 Å². The zero-order valence-corrected chi connectivity index (χ0v) is 14.6. The maximum atomic E-state index is 12.5. The molecular weight excluding hydrogens is 324 g/mol. The number of aromatic nitrogens is 1. The highest BCUT2D eigenvalue weighted by Gasteiger charge is 2.34. The van der Waals surface area contributed by atoms with Gasteiger partial charge in [0.2, 0.25) is 5.91 Å². The summed E-state index contributed by atoms with van der Waals surface area (Å²) in [4.78, 5) is 25.8. The molecule has 1 aliphatic heterocycles. The van der Waals surface area contributed by atoms with Gasteiger partial charge in [0.25, 0.3) is 0 Å². The molecule has 1 fully saturated rings. The normalized spacial score (nSPS) is 20.2. The van der Waals surface area contributed by atoms with Gasteiger partial charge in [-0.05, 0) is 19.8 Å². The highest BCUT2D eigenvalue weighted by atomic mass is 32.2. The van der Waals surface area contributed by atoms with Crippen molar-refractivity contribution in [1.29, 1.82) is 0 Å². The number of aryl methyl sites for hydroxylation is 1. The number of hydrogen-bond donors (Lipinski definition) is 0. The summed E-state index contributed by atoms with van der Waals surface area (Å²) >= 11 is 1.13. The molecule has 22 heavy (non-hydrogen) atoms. The number of amides is 1. The fourth-order valence-electron chi connectivity index (χ4n) is 2.80. The standard InChI is InChI=1S/C14H22N2O4S2/c1-3-6-16(12-5-8-22(19,20)10-12)13(17)4-7-15-11(2)9-21-14(15)18/h9,12H,3-8,10H2,1-2H3. The van der Waals surface area contributed by atoms with Crippen molar-refractivity contribution in [3.63, 3.8) is 0 Å². The van der Waals surface area contributed by atoms with E-state index < -0.39 is 9.84 Å². The van der Waals surface area contributed by atoms with Crippen LogP contribution in [0.25, 0.3) is 0 Å². The third-order valence-corrected chi connectivity index (χ3v) is 6.59. The molecule has 2 rings (SSSR count). The number of rotatable bonds is 6. The molecule has 1 amide bonds. The summed E-state index contributed by atoms with van der Waals surface area (Å²) in [6.45, 7) is 4.73. The lowest BCUT2D eigenvalue weighted by Gasteiger charge is -2.28. The molecule has 1 saturated heterocycles. The first-order chi connectivity index (χ1) is 10.3. The Balaban J connectivity index is 2.03. The molecule has 0 spiro atoms. The van der Waals surface area contributed by atoms with Crippen molar-refractivity contribution in [2.45, 2.75) is 45.7 Å². The Labute approximate surface area is 134 Å². The number of nitrogens with zero attached hydrogens (tertiary/aromatic N) is 2. The molecule has 2 heterocycles. The van der Waals surface area contributed by atoms with Gasteiger partial charge in [0, 0.05) is 36.6 Å². The van der Waals surface area contributed by atoms with E-state index in [1.54, 1.807) is 14.8 Å². The number of hydrogen-bond acceptors (Lipinski definition) is 5. The minimum absolute atomic E-state index is 0.0595. The lowest BCUT2D eigenvalue weighted by molar-refractivity contribution is -0.133. The van der Waals surface area contributed by atoms with Gasteiger partial charge in [-0.3, -0.25) is 9.59 Å². The van der Waals surface area contributed by atoms with Crippen molar-refractivity contribution in [1.82, 2.24) is 9.47 Å². The molecular formula is C14H22N2O4S2. The van der Waals surface area contributed by atoms with Crippen LogP contribution in [0.3, 0.4) is 0 Å².